The monoisotopic (exact) mass is 455 g/mol. The molecular weight excluding hydrogens is 427 g/mol. The predicted molar refractivity (Wildman–Crippen MR) is 115 cm³/mol. The van der Waals surface area contributed by atoms with Crippen LogP contribution in [0.1, 0.15) is 18.7 Å². The smallest absolute Gasteiger partial charge is 0.451 e. The van der Waals surface area contributed by atoms with Crippen LogP contribution in [-0.2, 0) is 15.7 Å². The number of hydrogen-bond acceptors (Lipinski definition) is 7. The molecule has 2 aromatic rings. The van der Waals surface area contributed by atoms with E-state index in [1.54, 1.807) is 7.05 Å². The van der Waals surface area contributed by atoms with Gasteiger partial charge in [0.1, 0.15) is 12.4 Å². The van der Waals surface area contributed by atoms with Crippen LogP contribution in [0.25, 0.3) is 0 Å². The molecule has 3 rings (SSSR count). The highest BCUT2D eigenvalue weighted by Gasteiger charge is 2.34. The molecule has 1 saturated heterocycles. The summed E-state index contributed by atoms with van der Waals surface area (Å²) >= 11 is 0. The van der Waals surface area contributed by atoms with E-state index in [-0.39, 0.29) is 18.3 Å². The summed E-state index contributed by atoms with van der Waals surface area (Å²) in [4.78, 5) is 21.0. The summed E-state index contributed by atoms with van der Waals surface area (Å²) in [6.07, 6.45) is -0.197. The number of methoxy groups -OCH3 is 1. The molecule has 1 N–H and O–H groups in total. The SMILES string of the molecule is CN(C)c1cc(Oc2cnc(C(F)(F)F)nc2)cc(N2CCCC2)c1.CNC(=O)COC. The van der Waals surface area contributed by atoms with Gasteiger partial charge in [-0.2, -0.15) is 13.2 Å². The highest BCUT2D eigenvalue weighted by Crippen LogP contribution is 2.33. The summed E-state index contributed by atoms with van der Waals surface area (Å²) in [5.41, 5.74) is 1.98. The molecule has 11 heteroatoms. The van der Waals surface area contributed by atoms with Crippen molar-refractivity contribution < 1.29 is 27.4 Å². The molecule has 0 atom stereocenters. The van der Waals surface area contributed by atoms with Gasteiger partial charge in [-0.1, -0.05) is 0 Å². The van der Waals surface area contributed by atoms with Gasteiger partial charge >= 0.3 is 6.18 Å². The Morgan fingerprint density at radius 1 is 1.12 bits per heavy atom. The fraction of sp³-hybridized carbons (Fsp3) is 0.476. The zero-order valence-electron chi connectivity index (χ0n) is 18.6. The number of hydrogen-bond donors (Lipinski definition) is 1. The van der Waals surface area contributed by atoms with Gasteiger partial charge in [-0.25, -0.2) is 9.97 Å². The highest BCUT2D eigenvalue weighted by molar-refractivity contribution is 5.76. The van der Waals surface area contributed by atoms with Gasteiger partial charge in [-0.05, 0) is 18.9 Å². The minimum atomic E-state index is -4.56. The number of anilines is 2. The topological polar surface area (TPSA) is 79.8 Å². The van der Waals surface area contributed by atoms with Gasteiger partial charge in [-0.15, -0.1) is 0 Å². The number of amides is 1. The second kappa shape index (κ2) is 11.5. The molecule has 0 saturated carbocycles. The number of aromatic nitrogens is 2. The van der Waals surface area contributed by atoms with E-state index in [0.717, 1.165) is 49.7 Å². The molecule has 32 heavy (non-hydrogen) atoms. The average molecular weight is 455 g/mol. The van der Waals surface area contributed by atoms with Crippen LogP contribution in [0.4, 0.5) is 24.5 Å². The molecule has 1 fully saturated rings. The maximum atomic E-state index is 12.5. The molecule has 1 aliphatic heterocycles. The lowest BCUT2D eigenvalue weighted by molar-refractivity contribution is -0.145. The summed E-state index contributed by atoms with van der Waals surface area (Å²) in [5.74, 6) is -0.574. The number of carbonyl (C=O) groups excluding carboxylic acids is 1. The first-order valence-corrected chi connectivity index (χ1v) is 9.98. The molecule has 0 radical (unpaired) electrons. The third-order valence-corrected chi connectivity index (χ3v) is 4.54. The summed E-state index contributed by atoms with van der Waals surface area (Å²) in [7, 11) is 6.90. The Bertz CT molecular complexity index is 870. The second-order valence-electron chi connectivity index (χ2n) is 7.22. The number of rotatable bonds is 6. The van der Waals surface area contributed by atoms with Crippen LogP contribution < -0.4 is 19.9 Å². The van der Waals surface area contributed by atoms with Crippen LogP contribution in [0.2, 0.25) is 0 Å². The van der Waals surface area contributed by atoms with Gasteiger partial charge in [0.25, 0.3) is 0 Å². The third kappa shape index (κ3) is 7.56. The van der Waals surface area contributed by atoms with Crippen molar-refractivity contribution in [2.24, 2.45) is 0 Å². The molecule has 0 spiro atoms. The molecule has 1 aromatic carbocycles. The van der Waals surface area contributed by atoms with Crippen molar-refractivity contribution in [2.75, 3.05) is 57.7 Å². The highest BCUT2D eigenvalue weighted by atomic mass is 19.4. The molecule has 0 unspecified atom stereocenters. The molecule has 1 aromatic heterocycles. The Hall–Kier alpha value is -3.08. The van der Waals surface area contributed by atoms with Crippen molar-refractivity contribution in [2.45, 2.75) is 19.0 Å². The maximum Gasteiger partial charge on any atom is 0.451 e. The van der Waals surface area contributed by atoms with Crippen LogP contribution in [0.5, 0.6) is 11.5 Å². The summed E-state index contributed by atoms with van der Waals surface area (Å²) in [6.45, 7) is 2.12. The molecule has 1 amide bonds. The fourth-order valence-electron chi connectivity index (χ4n) is 2.90. The number of nitrogens with zero attached hydrogens (tertiary/aromatic N) is 4. The van der Waals surface area contributed by atoms with Gasteiger partial charge in [-0.3, -0.25) is 4.79 Å². The van der Waals surface area contributed by atoms with E-state index in [2.05, 4.69) is 31.0 Å². The first-order valence-electron chi connectivity index (χ1n) is 9.98. The molecule has 0 aliphatic carbocycles. The minimum absolute atomic E-state index is 0.0949. The van der Waals surface area contributed by atoms with Crippen molar-refractivity contribution in [1.82, 2.24) is 15.3 Å². The quantitative estimate of drug-likeness (QED) is 0.716. The normalized spacial score (nSPS) is 13.3. The van der Waals surface area contributed by atoms with Gasteiger partial charge in [0.2, 0.25) is 11.7 Å². The molecule has 8 nitrogen and oxygen atoms in total. The zero-order valence-corrected chi connectivity index (χ0v) is 18.6. The van der Waals surface area contributed by atoms with E-state index in [1.165, 1.54) is 7.11 Å². The molecular formula is C21H28F3N5O3. The van der Waals surface area contributed by atoms with Crippen molar-refractivity contribution >= 4 is 17.3 Å². The number of halogens is 3. The summed E-state index contributed by atoms with van der Waals surface area (Å²) in [5, 5.41) is 2.40. The van der Waals surface area contributed by atoms with Crippen molar-refractivity contribution in [3.63, 3.8) is 0 Å². The molecule has 2 heterocycles. The van der Waals surface area contributed by atoms with Crippen LogP contribution in [0.15, 0.2) is 30.6 Å². The number of benzene rings is 1. The molecule has 0 bridgehead atoms. The minimum Gasteiger partial charge on any atom is -0.454 e. The van der Waals surface area contributed by atoms with Gasteiger partial charge < -0.3 is 24.6 Å². The Morgan fingerprint density at radius 3 is 2.22 bits per heavy atom. The van der Waals surface area contributed by atoms with E-state index >= 15 is 0 Å². The van der Waals surface area contributed by atoms with Gasteiger partial charge in [0, 0.05) is 64.8 Å². The second-order valence-corrected chi connectivity index (χ2v) is 7.22. The standard InChI is InChI=1S/C17H19F3N4O.C4H9NO2/c1-23(2)12-7-13(24-5-3-4-6-24)9-14(8-12)25-15-10-21-16(22-11-15)17(18,19)20;1-5-4(6)3-7-2/h7-11H,3-6H2,1-2H3;3H2,1-2H3,(H,5,6). The lowest BCUT2D eigenvalue weighted by atomic mass is 10.2. The fourth-order valence-corrected chi connectivity index (χ4v) is 2.90. The average Bonchev–Trinajstić information content (AvgIpc) is 3.29. The van der Waals surface area contributed by atoms with Crippen LogP contribution >= 0.6 is 0 Å². The van der Waals surface area contributed by atoms with Gasteiger partial charge in [0.05, 0.1) is 12.4 Å². The number of nitrogens with one attached hydrogen (secondary N) is 1. The predicted octanol–water partition coefficient (Wildman–Crippen LogP) is 3.33. The van der Waals surface area contributed by atoms with E-state index in [9.17, 15) is 18.0 Å². The Morgan fingerprint density at radius 2 is 1.75 bits per heavy atom. The summed E-state index contributed by atoms with van der Waals surface area (Å²) < 4.78 is 47.8. The Labute approximate surface area is 185 Å². The first-order chi connectivity index (χ1) is 15.1. The van der Waals surface area contributed by atoms with Crippen molar-refractivity contribution in [3.8, 4) is 11.5 Å². The number of alkyl halides is 3. The largest absolute Gasteiger partial charge is 0.454 e. The number of ether oxygens (including phenoxy) is 2. The van der Waals surface area contributed by atoms with Crippen LogP contribution in [0, 0.1) is 0 Å². The lowest BCUT2D eigenvalue weighted by Gasteiger charge is -2.22. The van der Waals surface area contributed by atoms with E-state index in [1.807, 2.05) is 31.1 Å². The van der Waals surface area contributed by atoms with E-state index in [4.69, 9.17) is 4.74 Å². The van der Waals surface area contributed by atoms with Crippen LogP contribution in [-0.4, -0.2) is 63.8 Å². The van der Waals surface area contributed by atoms with E-state index in [0.29, 0.717) is 5.75 Å². The maximum absolute atomic E-state index is 12.5. The summed E-state index contributed by atoms with van der Waals surface area (Å²) in [6, 6.07) is 5.79. The Kier molecular flexibility index (Phi) is 9.06. The van der Waals surface area contributed by atoms with Crippen molar-refractivity contribution in [1.29, 1.82) is 0 Å². The lowest BCUT2D eigenvalue weighted by Crippen LogP contribution is -2.22. The third-order valence-electron chi connectivity index (χ3n) is 4.54. The number of carbonyl (C=O) groups is 1. The zero-order chi connectivity index (χ0) is 23.7. The number of likely N-dealkylation sites (N-methyl/N-ethyl adjacent to an activating group) is 1. The molecule has 1 aliphatic rings. The Balaban J connectivity index is 0.000000451. The molecule has 176 valence electrons. The van der Waals surface area contributed by atoms with Gasteiger partial charge in [0.15, 0.2) is 5.75 Å². The van der Waals surface area contributed by atoms with E-state index < -0.39 is 12.0 Å². The first kappa shape index (κ1) is 25.2. The van der Waals surface area contributed by atoms with Crippen LogP contribution in [0.3, 0.4) is 0 Å². The van der Waals surface area contributed by atoms with Crippen molar-refractivity contribution in [3.05, 3.63) is 36.4 Å².